The Morgan fingerprint density at radius 3 is 2.03 bits per heavy atom. The van der Waals surface area contributed by atoms with Crippen molar-refractivity contribution in [3.8, 4) is 5.75 Å². The van der Waals surface area contributed by atoms with Crippen molar-refractivity contribution < 1.29 is 14.3 Å². The maximum Gasteiger partial charge on any atom is 0.243 e. The maximum atomic E-state index is 13.4. The van der Waals surface area contributed by atoms with Gasteiger partial charge in [-0.1, -0.05) is 57.2 Å². The average molecular weight is 453 g/mol. The highest BCUT2D eigenvalue weighted by molar-refractivity contribution is 5.88. The molecule has 0 aliphatic heterocycles. The van der Waals surface area contributed by atoms with Crippen LogP contribution in [0, 0.1) is 0 Å². The van der Waals surface area contributed by atoms with Crippen molar-refractivity contribution in [2.75, 3.05) is 7.11 Å². The van der Waals surface area contributed by atoms with Crippen molar-refractivity contribution in [2.24, 2.45) is 0 Å². The highest BCUT2D eigenvalue weighted by atomic mass is 16.5. The van der Waals surface area contributed by atoms with Gasteiger partial charge in [0.05, 0.1) is 7.11 Å². The number of methoxy groups -OCH3 is 1. The summed E-state index contributed by atoms with van der Waals surface area (Å²) in [6.45, 7) is 12.5. The first-order chi connectivity index (χ1) is 15.5. The Hall–Kier alpha value is -2.82. The second-order valence-electron chi connectivity index (χ2n) is 9.93. The lowest BCUT2D eigenvalue weighted by molar-refractivity contribution is -0.142. The molecule has 0 spiro atoms. The number of amides is 2. The topological polar surface area (TPSA) is 58.6 Å². The second-order valence-corrected chi connectivity index (χ2v) is 9.93. The van der Waals surface area contributed by atoms with E-state index in [-0.39, 0.29) is 17.4 Å². The summed E-state index contributed by atoms with van der Waals surface area (Å²) in [4.78, 5) is 28.2. The number of nitrogens with zero attached hydrogens (tertiary/aromatic N) is 1. The molecule has 33 heavy (non-hydrogen) atoms. The zero-order valence-corrected chi connectivity index (χ0v) is 21.3. The largest absolute Gasteiger partial charge is 0.497 e. The number of hydrogen-bond acceptors (Lipinski definition) is 3. The third-order valence-electron chi connectivity index (χ3n) is 5.67. The molecule has 0 aliphatic rings. The molecule has 0 heterocycles. The fourth-order valence-corrected chi connectivity index (χ4v) is 3.76. The minimum absolute atomic E-state index is 0.0188. The number of carbonyl (C=O) groups is 2. The fraction of sp³-hybridized carbons (Fsp3) is 0.500. The SMILES string of the molecule is CCC(C(=O)NC(C)(C)C)N(Cc1ccc(OC)cc1)C(=O)CCc1ccc(C(C)C)cc1. The van der Waals surface area contributed by atoms with E-state index in [1.165, 1.54) is 5.56 Å². The Morgan fingerprint density at radius 1 is 0.970 bits per heavy atom. The predicted molar refractivity (Wildman–Crippen MR) is 134 cm³/mol. The highest BCUT2D eigenvalue weighted by Crippen LogP contribution is 2.19. The normalized spacial score (nSPS) is 12.4. The van der Waals surface area contributed by atoms with Crippen LogP contribution in [0.4, 0.5) is 0 Å². The van der Waals surface area contributed by atoms with E-state index in [1.54, 1.807) is 12.0 Å². The van der Waals surface area contributed by atoms with E-state index in [0.717, 1.165) is 16.9 Å². The van der Waals surface area contributed by atoms with E-state index in [0.29, 0.717) is 31.7 Å². The summed E-state index contributed by atoms with van der Waals surface area (Å²) in [6.07, 6.45) is 1.55. The van der Waals surface area contributed by atoms with E-state index >= 15 is 0 Å². The molecule has 0 radical (unpaired) electrons. The van der Waals surface area contributed by atoms with Crippen LogP contribution >= 0.6 is 0 Å². The van der Waals surface area contributed by atoms with E-state index in [2.05, 4.69) is 43.4 Å². The van der Waals surface area contributed by atoms with Crippen molar-refractivity contribution in [3.05, 3.63) is 65.2 Å². The quantitative estimate of drug-likeness (QED) is 0.520. The molecule has 0 bridgehead atoms. The van der Waals surface area contributed by atoms with Crippen molar-refractivity contribution in [2.45, 2.75) is 84.8 Å². The summed E-state index contributed by atoms with van der Waals surface area (Å²) in [6, 6.07) is 15.6. The molecule has 180 valence electrons. The molecule has 1 N–H and O–H groups in total. The van der Waals surface area contributed by atoms with Gasteiger partial charge in [0, 0.05) is 18.5 Å². The summed E-state index contributed by atoms with van der Waals surface area (Å²) in [5.74, 6) is 1.11. The molecule has 1 unspecified atom stereocenters. The molecule has 0 fully saturated rings. The number of ether oxygens (including phenoxy) is 1. The van der Waals surface area contributed by atoms with Crippen molar-refractivity contribution in [1.29, 1.82) is 0 Å². The van der Waals surface area contributed by atoms with Gasteiger partial charge < -0.3 is 15.0 Å². The van der Waals surface area contributed by atoms with Gasteiger partial charge >= 0.3 is 0 Å². The average Bonchev–Trinajstić information content (AvgIpc) is 2.76. The number of rotatable bonds is 10. The molecule has 0 aliphatic carbocycles. The zero-order chi connectivity index (χ0) is 24.6. The molecular formula is C28H40N2O3. The van der Waals surface area contributed by atoms with Crippen LogP contribution < -0.4 is 10.1 Å². The Labute approximate surface area is 199 Å². The van der Waals surface area contributed by atoms with Gasteiger partial charge in [-0.2, -0.15) is 0 Å². The number of hydrogen-bond donors (Lipinski definition) is 1. The lowest BCUT2D eigenvalue weighted by Crippen LogP contribution is -2.53. The van der Waals surface area contributed by atoms with Gasteiger partial charge in [-0.15, -0.1) is 0 Å². The minimum Gasteiger partial charge on any atom is -0.497 e. The third-order valence-corrected chi connectivity index (χ3v) is 5.67. The van der Waals surface area contributed by atoms with Crippen LogP contribution in [0.15, 0.2) is 48.5 Å². The summed E-state index contributed by atoms with van der Waals surface area (Å²) < 4.78 is 5.25. The first-order valence-corrected chi connectivity index (χ1v) is 11.9. The van der Waals surface area contributed by atoms with Crippen LogP contribution in [0.1, 0.15) is 77.0 Å². The maximum absolute atomic E-state index is 13.4. The van der Waals surface area contributed by atoms with Gasteiger partial charge in [0.15, 0.2) is 0 Å². The molecule has 2 rings (SSSR count). The summed E-state index contributed by atoms with van der Waals surface area (Å²) in [5.41, 5.74) is 3.02. The molecule has 2 aromatic rings. The number of aryl methyl sites for hydroxylation is 1. The van der Waals surface area contributed by atoms with Crippen LogP contribution in [0.2, 0.25) is 0 Å². The van der Waals surface area contributed by atoms with Gasteiger partial charge in [0.1, 0.15) is 11.8 Å². The zero-order valence-electron chi connectivity index (χ0n) is 21.3. The lowest BCUT2D eigenvalue weighted by Gasteiger charge is -2.33. The first-order valence-electron chi connectivity index (χ1n) is 11.9. The van der Waals surface area contributed by atoms with E-state index in [1.807, 2.05) is 52.0 Å². The van der Waals surface area contributed by atoms with E-state index in [4.69, 9.17) is 4.74 Å². The third kappa shape index (κ3) is 8.23. The second kappa shape index (κ2) is 11.9. The molecule has 0 saturated heterocycles. The predicted octanol–water partition coefficient (Wildman–Crippen LogP) is 5.47. The molecule has 0 aromatic heterocycles. The summed E-state index contributed by atoms with van der Waals surface area (Å²) in [7, 11) is 1.63. The summed E-state index contributed by atoms with van der Waals surface area (Å²) >= 11 is 0. The number of nitrogens with one attached hydrogen (secondary N) is 1. The molecule has 1 atom stereocenters. The van der Waals surface area contributed by atoms with Crippen molar-refractivity contribution in [1.82, 2.24) is 10.2 Å². The van der Waals surface area contributed by atoms with Crippen LogP contribution in [-0.2, 0) is 22.6 Å². The highest BCUT2D eigenvalue weighted by Gasteiger charge is 2.30. The van der Waals surface area contributed by atoms with Crippen molar-refractivity contribution >= 4 is 11.8 Å². The molecule has 2 amide bonds. The minimum atomic E-state index is -0.526. The van der Waals surface area contributed by atoms with Gasteiger partial charge in [-0.05, 0) is 68.4 Å². The van der Waals surface area contributed by atoms with Gasteiger partial charge in [0.2, 0.25) is 11.8 Å². The van der Waals surface area contributed by atoms with Crippen LogP contribution in [0.5, 0.6) is 5.75 Å². The lowest BCUT2D eigenvalue weighted by atomic mass is 10.00. The van der Waals surface area contributed by atoms with Crippen molar-refractivity contribution in [3.63, 3.8) is 0 Å². The standard InChI is InChI=1S/C28H40N2O3/c1-8-25(27(32)29-28(4,5)6)30(19-22-11-16-24(33-7)17-12-22)26(31)18-13-21-9-14-23(15-10-21)20(2)3/h9-12,14-17,20,25H,8,13,18-19H2,1-7H3,(H,29,32). The van der Waals surface area contributed by atoms with Crippen LogP contribution in [0.25, 0.3) is 0 Å². The molecular weight excluding hydrogens is 412 g/mol. The Kier molecular flexibility index (Phi) is 9.51. The summed E-state index contributed by atoms with van der Waals surface area (Å²) in [5, 5.41) is 3.05. The molecule has 0 saturated carbocycles. The van der Waals surface area contributed by atoms with Gasteiger partial charge in [-0.3, -0.25) is 9.59 Å². The first kappa shape index (κ1) is 26.4. The Bertz CT molecular complexity index is 896. The number of carbonyl (C=O) groups excluding carboxylic acids is 2. The smallest absolute Gasteiger partial charge is 0.243 e. The van der Waals surface area contributed by atoms with Gasteiger partial charge in [-0.25, -0.2) is 0 Å². The van der Waals surface area contributed by atoms with Crippen LogP contribution in [0.3, 0.4) is 0 Å². The van der Waals surface area contributed by atoms with E-state index < -0.39 is 6.04 Å². The molecule has 5 heteroatoms. The number of benzene rings is 2. The Balaban J connectivity index is 2.21. The fourth-order valence-electron chi connectivity index (χ4n) is 3.76. The van der Waals surface area contributed by atoms with E-state index in [9.17, 15) is 9.59 Å². The molecule has 5 nitrogen and oxygen atoms in total. The van der Waals surface area contributed by atoms with Gasteiger partial charge in [0.25, 0.3) is 0 Å². The van der Waals surface area contributed by atoms with Crippen LogP contribution in [-0.4, -0.2) is 35.4 Å². The Morgan fingerprint density at radius 2 is 1.55 bits per heavy atom. The molecule has 2 aromatic carbocycles. The monoisotopic (exact) mass is 452 g/mol.